The Morgan fingerprint density at radius 1 is 0.629 bits per heavy atom. The summed E-state index contributed by atoms with van der Waals surface area (Å²) in [4.78, 5) is 35.9. The summed E-state index contributed by atoms with van der Waals surface area (Å²) in [7, 11) is 3.80. The van der Waals surface area contributed by atoms with E-state index < -0.39 is 0 Å². The van der Waals surface area contributed by atoms with E-state index >= 15 is 0 Å². The Kier molecular flexibility index (Phi) is 11.1. The first-order valence-electron chi connectivity index (χ1n) is 20.3. The average Bonchev–Trinajstić information content (AvgIpc) is 4.01. The molecule has 0 saturated heterocycles. The lowest BCUT2D eigenvalue weighted by atomic mass is 9.95. The van der Waals surface area contributed by atoms with Gasteiger partial charge < -0.3 is 20.6 Å². The van der Waals surface area contributed by atoms with Crippen LogP contribution in [0.15, 0.2) is 104 Å². The first kappa shape index (κ1) is 41.0. The Balaban J connectivity index is 0.919. The van der Waals surface area contributed by atoms with Gasteiger partial charge in [-0.3, -0.25) is 24.9 Å². The highest BCUT2D eigenvalue weighted by Gasteiger charge is 2.19. The Morgan fingerprint density at radius 3 is 1.76 bits per heavy atom. The van der Waals surface area contributed by atoms with E-state index in [0.717, 1.165) is 61.6 Å². The van der Waals surface area contributed by atoms with Gasteiger partial charge in [0.25, 0.3) is 11.8 Å². The molecule has 4 aromatic carbocycles. The fourth-order valence-electron chi connectivity index (χ4n) is 7.82. The van der Waals surface area contributed by atoms with E-state index in [-0.39, 0.29) is 11.8 Å². The summed E-state index contributed by atoms with van der Waals surface area (Å²) >= 11 is 0. The van der Waals surface area contributed by atoms with Crippen molar-refractivity contribution in [2.45, 2.75) is 54.1 Å². The number of nitrogens with two attached hydrogens (primary N) is 2. The predicted molar refractivity (Wildman–Crippen MR) is 244 cm³/mol. The number of benzene rings is 4. The maximum absolute atomic E-state index is 13.5. The third-order valence-corrected chi connectivity index (χ3v) is 11.4. The molecule has 4 heterocycles. The minimum atomic E-state index is -0.259. The maximum atomic E-state index is 13.5. The van der Waals surface area contributed by atoms with Gasteiger partial charge in [-0.15, -0.1) is 0 Å². The summed E-state index contributed by atoms with van der Waals surface area (Å²) in [6.45, 7) is 11.3. The molecule has 6 N–H and O–H groups in total. The van der Waals surface area contributed by atoms with E-state index in [9.17, 15) is 9.59 Å². The van der Waals surface area contributed by atoms with Gasteiger partial charge >= 0.3 is 0 Å². The van der Waals surface area contributed by atoms with E-state index in [1.807, 2.05) is 65.7 Å². The number of nitrogens with one attached hydrogen (secondary N) is 2. The van der Waals surface area contributed by atoms with Crippen LogP contribution in [0.4, 0.5) is 23.4 Å². The number of nitrogen functional groups attached to an aromatic ring is 2. The predicted octanol–water partition coefficient (Wildman–Crippen LogP) is 7.78. The molecular weight excluding hydrogens is 777 g/mol. The maximum Gasteiger partial charge on any atom is 0.257 e. The third kappa shape index (κ3) is 8.48. The van der Waals surface area contributed by atoms with Crippen molar-refractivity contribution in [2.24, 2.45) is 14.1 Å². The summed E-state index contributed by atoms with van der Waals surface area (Å²) in [6.07, 6.45) is 7.50. The lowest BCUT2D eigenvalue weighted by Crippen LogP contribution is -2.16. The number of nitrogens with zero attached hydrogens (tertiary/aromatic N) is 8. The number of imidazole rings is 2. The molecule has 62 heavy (non-hydrogen) atoms. The second-order valence-electron chi connectivity index (χ2n) is 16.1. The average molecular weight is 827 g/mol. The fraction of sp³-hybridized carbons (Fsp3) is 0.208. The molecule has 0 spiro atoms. The van der Waals surface area contributed by atoms with Crippen molar-refractivity contribution >= 4 is 35.2 Å². The molecule has 0 saturated carbocycles. The zero-order chi connectivity index (χ0) is 43.8. The monoisotopic (exact) mass is 826 g/mol. The Labute approximate surface area is 360 Å². The summed E-state index contributed by atoms with van der Waals surface area (Å²) in [5.41, 5.74) is 27.3. The van der Waals surface area contributed by atoms with Gasteiger partial charge in [-0.1, -0.05) is 36.4 Å². The van der Waals surface area contributed by atoms with E-state index in [1.165, 1.54) is 11.1 Å². The lowest BCUT2D eigenvalue weighted by Gasteiger charge is -2.13. The van der Waals surface area contributed by atoms with Crippen LogP contribution in [-0.4, -0.2) is 50.5 Å². The molecule has 0 atom stereocenters. The standard InChI is InChI=1S/C48H50N12O2/c1-28-14-31(4)40(16-29(28)2)42-23-51-47(57(42)6)55-46(62)36-13-9-11-34(19-36)26-60-44(50)21-39(56-60)20-37-15-32(5)41(17-30(37)3)43-24-52-48(58(43)7)54-45(61)35-12-8-10-33(18-35)25-59-27-38(49)22-53-59/h8-19,21-24,27H,20,25-26,49-50H2,1-7H3,(H,51,55,62)(H,52,54,61). The van der Waals surface area contributed by atoms with Crippen molar-refractivity contribution in [3.8, 4) is 22.5 Å². The lowest BCUT2D eigenvalue weighted by molar-refractivity contribution is 0.101. The molecule has 14 nitrogen and oxygen atoms in total. The van der Waals surface area contributed by atoms with Crippen LogP contribution >= 0.6 is 0 Å². The highest BCUT2D eigenvalue weighted by atomic mass is 16.2. The number of carbonyl (C=O) groups is 2. The molecule has 314 valence electrons. The topological polar surface area (TPSA) is 182 Å². The van der Waals surface area contributed by atoms with Crippen LogP contribution in [0.2, 0.25) is 0 Å². The molecule has 0 fully saturated rings. The number of hydrogen-bond acceptors (Lipinski definition) is 8. The number of rotatable bonds is 12. The zero-order valence-corrected chi connectivity index (χ0v) is 36.0. The van der Waals surface area contributed by atoms with Crippen molar-refractivity contribution in [1.29, 1.82) is 0 Å². The van der Waals surface area contributed by atoms with Crippen molar-refractivity contribution in [2.75, 3.05) is 22.1 Å². The minimum Gasteiger partial charge on any atom is -0.396 e. The van der Waals surface area contributed by atoms with E-state index in [2.05, 4.69) is 84.6 Å². The molecule has 0 radical (unpaired) electrons. The molecule has 4 aromatic heterocycles. The van der Waals surface area contributed by atoms with Gasteiger partial charge in [0.1, 0.15) is 5.82 Å². The van der Waals surface area contributed by atoms with Gasteiger partial charge in [-0.2, -0.15) is 10.2 Å². The van der Waals surface area contributed by atoms with Crippen molar-refractivity contribution in [3.63, 3.8) is 0 Å². The number of aryl methyl sites for hydroxylation is 5. The van der Waals surface area contributed by atoms with Gasteiger partial charge in [0.05, 0.1) is 54.4 Å². The molecular formula is C48H50N12O2. The molecule has 0 aliphatic carbocycles. The van der Waals surface area contributed by atoms with Crippen LogP contribution in [0.3, 0.4) is 0 Å². The number of carbonyl (C=O) groups excluding carboxylic acids is 2. The van der Waals surface area contributed by atoms with Crippen LogP contribution in [0.1, 0.15) is 70.9 Å². The van der Waals surface area contributed by atoms with E-state index in [0.29, 0.717) is 54.0 Å². The van der Waals surface area contributed by atoms with Crippen LogP contribution in [0.5, 0.6) is 0 Å². The minimum absolute atomic E-state index is 0.255. The van der Waals surface area contributed by atoms with E-state index in [1.54, 1.807) is 46.3 Å². The van der Waals surface area contributed by atoms with Gasteiger partial charge in [0.15, 0.2) is 0 Å². The number of anilines is 4. The number of hydrogen-bond donors (Lipinski definition) is 4. The van der Waals surface area contributed by atoms with Crippen LogP contribution in [-0.2, 0) is 33.6 Å². The molecule has 14 heteroatoms. The summed E-state index contributed by atoms with van der Waals surface area (Å²) in [5, 5.41) is 15.1. The second-order valence-corrected chi connectivity index (χ2v) is 16.1. The first-order valence-corrected chi connectivity index (χ1v) is 20.3. The molecule has 0 bridgehead atoms. The molecule has 0 aliphatic rings. The highest BCUT2D eigenvalue weighted by molar-refractivity contribution is 6.04. The smallest absolute Gasteiger partial charge is 0.257 e. The van der Waals surface area contributed by atoms with Crippen LogP contribution < -0.4 is 22.1 Å². The highest BCUT2D eigenvalue weighted by Crippen LogP contribution is 2.31. The van der Waals surface area contributed by atoms with Gasteiger partial charge in [0.2, 0.25) is 11.9 Å². The van der Waals surface area contributed by atoms with E-state index in [4.69, 9.17) is 16.6 Å². The van der Waals surface area contributed by atoms with Crippen molar-refractivity contribution in [3.05, 3.63) is 165 Å². The molecule has 2 amide bonds. The number of aromatic nitrogens is 8. The molecule has 0 aliphatic heterocycles. The van der Waals surface area contributed by atoms with Crippen LogP contribution in [0, 0.1) is 34.6 Å². The zero-order valence-electron chi connectivity index (χ0n) is 36.0. The van der Waals surface area contributed by atoms with Gasteiger partial charge in [-0.25, -0.2) is 14.6 Å². The Bertz CT molecular complexity index is 3000. The Morgan fingerprint density at radius 2 is 1.18 bits per heavy atom. The summed E-state index contributed by atoms with van der Waals surface area (Å²) < 4.78 is 7.29. The summed E-state index contributed by atoms with van der Waals surface area (Å²) in [6, 6.07) is 25.4. The Hall–Kier alpha value is -7.74. The van der Waals surface area contributed by atoms with Gasteiger partial charge in [0, 0.05) is 55.0 Å². The normalized spacial score (nSPS) is 11.3. The number of amides is 2. The SMILES string of the molecule is Cc1cc(C)c(-c2cnc(NC(=O)c3cccc(Cn4nc(Cc5cc(C)c(-c6cnc(NC(=O)c7cccc(Cn8cc(N)cn8)c7)n6C)cc5C)cc4N)c3)n2C)cc1C. The third-order valence-electron chi connectivity index (χ3n) is 11.4. The second kappa shape index (κ2) is 16.7. The van der Waals surface area contributed by atoms with Crippen LogP contribution in [0.25, 0.3) is 22.5 Å². The molecule has 8 aromatic rings. The first-order chi connectivity index (χ1) is 29.7. The largest absolute Gasteiger partial charge is 0.396 e. The quantitative estimate of drug-likeness (QED) is 0.0964. The van der Waals surface area contributed by atoms with Gasteiger partial charge in [-0.05, 0) is 116 Å². The fourth-order valence-corrected chi connectivity index (χ4v) is 7.82. The van der Waals surface area contributed by atoms with Crippen molar-refractivity contribution < 1.29 is 9.59 Å². The molecule has 0 unspecified atom stereocenters. The molecule has 8 rings (SSSR count). The summed E-state index contributed by atoms with van der Waals surface area (Å²) in [5.74, 6) is 0.922. The van der Waals surface area contributed by atoms with Crippen molar-refractivity contribution in [1.82, 2.24) is 38.7 Å².